The highest BCUT2D eigenvalue weighted by Gasteiger charge is 2.05. The van der Waals surface area contributed by atoms with Gasteiger partial charge in [-0.05, 0) is 12.0 Å². The largest absolute Gasteiger partial charge is 0.321 e. The number of nitro groups is 1. The van der Waals surface area contributed by atoms with Gasteiger partial charge in [0.2, 0.25) is 0 Å². The highest BCUT2D eigenvalue weighted by Crippen LogP contribution is 2.16. The molecule has 0 bridgehead atoms. The third-order valence-corrected chi connectivity index (χ3v) is 3.55. The molecular weight excluding hydrogens is 336 g/mol. The first-order valence-corrected chi connectivity index (χ1v) is 7.46. The number of aromatic nitrogens is 3. The molecule has 0 unspecified atom stereocenters. The van der Waals surface area contributed by atoms with E-state index in [1.54, 1.807) is 18.5 Å². The Morgan fingerprint density at radius 3 is 2.62 bits per heavy atom. The van der Waals surface area contributed by atoms with Crippen LogP contribution in [0.3, 0.4) is 0 Å². The molecular formula is C14H19BrN4O2. The third-order valence-electron chi connectivity index (χ3n) is 3.05. The lowest BCUT2D eigenvalue weighted by Crippen LogP contribution is -2.04. The van der Waals surface area contributed by atoms with Crippen molar-refractivity contribution >= 4 is 21.6 Å². The second-order valence-electron chi connectivity index (χ2n) is 4.81. The summed E-state index contributed by atoms with van der Waals surface area (Å²) < 4.78 is 2.70. The molecule has 0 aliphatic heterocycles. The van der Waals surface area contributed by atoms with Crippen molar-refractivity contribution in [2.45, 2.75) is 26.7 Å². The van der Waals surface area contributed by atoms with E-state index in [1.807, 2.05) is 11.6 Å². The smallest absolute Gasteiger partial charge is 0.270 e. The normalized spacial score (nSPS) is 11.4. The zero-order valence-electron chi connectivity index (χ0n) is 12.4. The molecule has 0 radical (unpaired) electrons. The Balaban J connectivity index is 0.000000211. The van der Waals surface area contributed by atoms with E-state index in [1.165, 1.54) is 18.6 Å². The Bertz CT molecular complexity index is 586. The summed E-state index contributed by atoms with van der Waals surface area (Å²) in [6, 6.07) is 6.28. The molecule has 6 nitrogen and oxygen atoms in total. The molecule has 0 amide bonds. The standard InChI is InChI=1S/C8H15N3.C6H4BrNO2/c1-4-7(2)5-8-10-9-6-11(8)3;7-5-2-1-3-6(4-5)8(9)10/h6-7H,4-5H2,1-3H3;1-4H/t7-;/m0./s1. The lowest BCUT2D eigenvalue weighted by Gasteiger charge is -2.05. The van der Waals surface area contributed by atoms with E-state index in [-0.39, 0.29) is 5.69 Å². The van der Waals surface area contributed by atoms with Gasteiger partial charge in [0.05, 0.1) is 4.92 Å². The first-order chi connectivity index (χ1) is 9.93. The van der Waals surface area contributed by atoms with Gasteiger partial charge in [-0.15, -0.1) is 10.2 Å². The zero-order valence-corrected chi connectivity index (χ0v) is 13.9. The predicted molar refractivity (Wildman–Crippen MR) is 85.0 cm³/mol. The summed E-state index contributed by atoms with van der Waals surface area (Å²) in [6.45, 7) is 4.43. The van der Waals surface area contributed by atoms with Crippen molar-refractivity contribution in [1.82, 2.24) is 14.8 Å². The molecule has 0 fully saturated rings. The van der Waals surface area contributed by atoms with Crippen LogP contribution in [-0.2, 0) is 13.5 Å². The first kappa shape index (κ1) is 17.3. The molecule has 0 saturated carbocycles. The van der Waals surface area contributed by atoms with E-state index in [2.05, 4.69) is 40.0 Å². The maximum absolute atomic E-state index is 10.1. The van der Waals surface area contributed by atoms with Crippen LogP contribution in [0.1, 0.15) is 26.1 Å². The lowest BCUT2D eigenvalue weighted by atomic mass is 10.1. The molecule has 2 aromatic rings. The Morgan fingerprint density at radius 1 is 1.48 bits per heavy atom. The van der Waals surface area contributed by atoms with Crippen LogP contribution in [0.25, 0.3) is 0 Å². The van der Waals surface area contributed by atoms with Crippen molar-refractivity contribution < 1.29 is 4.92 Å². The maximum Gasteiger partial charge on any atom is 0.270 e. The monoisotopic (exact) mass is 354 g/mol. The summed E-state index contributed by atoms with van der Waals surface area (Å²) in [5, 5.41) is 18.0. The van der Waals surface area contributed by atoms with Gasteiger partial charge in [0.25, 0.3) is 5.69 Å². The number of nitro benzene ring substituents is 1. The molecule has 2 rings (SSSR count). The van der Waals surface area contributed by atoms with Crippen LogP contribution in [0.5, 0.6) is 0 Å². The molecule has 0 spiro atoms. The average Bonchev–Trinajstić information content (AvgIpc) is 2.85. The molecule has 7 heteroatoms. The Morgan fingerprint density at radius 2 is 2.19 bits per heavy atom. The minimum Gasteiger partial charge on any atom is -0.321 e. The molecule has 0 aliphatic carbocycles. The maximum atomic E-state index is 10.1. The SMILES string of the molecule is CC[C@H](C)Cc1nncn1C.O=[N+]([O-])c1cccc(Br)c1. The van der Waals surface area contributed by atoms with Crippen LogP contribution in [0.2, 0.25) is 0 Å². The number of halogens is 1. The van der Waals surface area contributed by atoms with Crippen molar-refractivity contribution in [3.63, 3.8) is 0 Å². The highest BCUT2D eigenvalue weighted by atomic mass is 79.9. The summed E-state index contributed by atoms with van der Waals surface area (Å²) in [7, 11) is 1.98. The third kappa shape index (κ3) is 6.03. The predicted octanol–water partition coefficient (Wildman–Crippen LogP) is 3.76. The summed E-state index contributed by atoms with van der Waals surface area (Å²) in [4.78, 5) is 9.71. The van der Waals surface area contributed by atoms with Gasteiger partial charge < -0.3 is 4.57 Å². The van der Waals surface area contributed by atoms with Crippen molar-refractivity contribution in [1.29, 1.82) is 0 Å². The van der Waals surface area contributed by atoms with E-state index in [0.717, 1.165) is 16.7 Å². The molecule has 1 aromatic heterocycles. The molecule has 0 N–H and O–H groups in total. The summed E-state index contributed by atoms with van der Waals surface area (Å²) in [5.41, 5.74) is 0.106. The van der Waals surface area contributed by atoms with E-state index in [9.17, 15) is 10.1 Å². The van der Waals surface area contributed by atoms with Gasteiger partial charge in [-0.1, -0.05) is 42.3 Å². The van der Waals surface area contributed by atoms with Gasteiger partial charge >= 0.3 is 0 Å². The van der Waals surface area contributed by atoms with Crippen LogP contribution in [-0.4, -0.2) is 19.7 Å². The van der Waals surface area contributed by atoms with Crippen LogP contribution in [0.4, 0.5) is 5.69 Å². The highest BCUT2D eigenvalue weighted by molar-refractivity contribution is 9.10. The molecule has 21 heavy (non-hydrogen) atoms. The van der Waals surface area contributed by atoms with Gasteiger partial charge in [-0.25, -0.2) is 0 Å². The van der Waals surface area contributed by atoms with Crippen LogP contribution in [0.15, 0.2) is 35.1 Å². The number of benzene rings is 1. The number of rotatable bonds is 4. The van der Waals surface area contributed by atoms with Gasteiger partial charge in [-0.2, -0.15) is 0 Å². The van der Waals surface area contributed by atoms with Crippen molar-refractivity contribution in [3.05, 3.63) is 51.0 Å². The molecule has 1 heterocycles. The van der Waals surface area contributed by atoms with Gasteiger partial charge in [0.1, 0.15) is 12.2 Å². The number of aryl methyl sites for hydroxylation is 1. The molecule has 1 atom stereocenters. The molecule has 1 aromatic carbocycles. The van der Waals surface area contributed by atoms with Gasteiger partial charge in [0.15, 0.2) is 0 Å². The van der Waals surface area contributed by atoms with Crippen molar-refractivity contribution in [3.8, 4) is 0 Å². The minimum atomic E-state index is -0.426. The summed E-state index contributed by atoms with van der Waals surface area (Å²) in [6.07, 6.45) is 3.98. The number of hydrogen-bond acceptors (Lipinski definition) is 4. The Kier molecular flexibility index (Phi) is 7.01. The van der Waals surface area contributed by atoms with E-state index >= 15 is 0 Å². The van der Waals surface area contributed by atoms with Crippen molar-refractivity contribution in [2.24, 2.45) is 13.0 Å². The fraction of sp³-hybridized carbons (Fsp3) is 0.429. The van der Waals surface area contributed by atoms with E-state index < -0.39 is 4.92 Å². The lowest BCUT2D eigenvalue weighted by molar-refractivity contribution is -0.384. The summed E-state index contributed by atoms with van der Waals surface area (Å²) in [5.74, 6) is 1.79. The molecule has 114 valence electrons. The van der Waals surface area contributed by atoms with Gasteiger partial charge in [0, 0.05) is 30.1 Å². The second-order valence-corrected chi connectivity index (χ2v) is 5.73. The average molecular weight is 355 g/mol. The number of non-ortho nitro benzene ring substituents is 1. The quantitative estimate of drug-likeness (QED) is 0.618. The first-order valence-electron chi connectivity index (χ1n) is 6.66. The molecule has 0 aliphatic rings. The second kappa shape index (κ2) is 8.51. The minimum absolute atomic E-state index is 0.106. The van der Waals surface area contributed by atoms with E-state index in [0.29, 0.717) is 5.92 Å². The van der Waals surface area contributed by atoms with Crippen LogP contribution in [0, 0.1) is 16.0 Å². The summed E-state index contributed by atoms with van der Waals surface area (Å²) >= 11 is 3.13. The number of nitrogens with zero attached hydrogens (tertiary/aromatic N) is 4. The topological polar surface area (TPSA) is 73.8 Å². The fourth-order valence-corrected chi connectivity index (χ4v) is 1.92. The zero-order chi connectivity index (χ0) is 15.8. The van der Waals surface area contributed by atoms with Crippen LogP contribution >= 0.6 is 15.9 Å². The Hall–Kier alpha value is -1.76. The fourth-order valence-electron chi connectivity index (χ4n) is 1.54. The Labute approximate surface area is 132 Å². The van der Waals surface area contributed by atoms with Crippen molar-refractivity contribution in [2.75, 3.05) is 0 Å². The number of hydrogen-bond donors (Lipinski definition) is 0. The van der Waals surface area contributed by atoms with E-state index in [4.69, 9.17) is 0 Å². The van der Waals surface area contributed by atoms with Gasteiger partial charge in [-0.3, -0.25) is 10.1 Å². The molecule has 0 saturated heterocycles. The van der Waals surface area contributed by atoms with Crippen LogP contribution < -0.4 is 0 Å².